The quantitative estimate of drug-likeness (QED) is 0.507. The van der Waals surface area contributed by atoms with E-state index >= 15 is 0 Å². The number of aromatic nitrogens is 4. The zero-order valence-electron chi connectivity index (χ0n) is 18.6. The van der Waals surface area contributed by atoms with E-state index in [1.807, 2.05) is 6.07 Å². The Hall–Kier alpha value is -3.36. The van der Waals surface area contributed by atoms with E-state index in [2.05, 4.69) is 61.6 Å². The van der Waals surface area contributed by atoms with Crippen LogP contribution in [0.4, 0.5) is 10.1 Å². The molecular weight excluding hydrogens is 417 g/mol. The van der Waals surface area contributed by atoms with Crippen LogP contribution in [0.5, 0.6) is 0 Å². The number of anilines is 1. The highest BCUT2D eigenvalue weighted by molar-refractivity contribution is 5.90. The molecular formula is C25H26FN7. The fourth-order valence-electron chi connectivity index (χ4n) is 4.82. The highest BCUT2D eigenvalue weighted by Crippen LogP contribution is 2.32. The Morgan fingerprint density at radius 2 is 1.82 bits per heavy atom. The molecule has 4 heterocycles. The number of benzene rings is 2. The maximum absolute atomic E-state index is 14.9. The van der Waals surface area contributed by atoms with E-state index in [-0.39, 0.29) is 5.82 Å². The number of piperazine rings is 1. The highest BCUT2D eigenvalue weighted by atomic mass is 19.1. The van der Waals surface area contributed by atoms with Gasteiger partial charge in [-0.3, -0.25) is 5.10 Å². The van der Waals surface area contributed by atoms with Gasteiger partial charge < -0.3 is 15.1 Å². The Kier molecular flexibility index (Phi) is 5.04. The lowest BCUT2D eigenvalue weighted by Gasteiger charge is -2.34. The summed E-state index contributed by atoms with van der Waals surface area (Å²) in [7, 11) is 2.16. The number of aromatic amines is 1. The Morgan fingerprint density at radius 1 is 1.00 bits per heavy atom. The molecule has 7 nitrogen and oxygen atoms in total. The minimum atomic E-state index is -0.281. The fraction of sp³-hybridized carbons (Fsp3) is 0.320. The lowest BCUT2D eigenvalue weighted by Crippen LogP contribution is -2.44. The second kappa shape index (κ2) is 8.20. The van der Waals surface area contributed by atoms with E-state index in [1.165, 1.54) is 11.8 Å². The van der Waals surface area contributed by atoms with Crippen LogP contribution in [0.3, 0.4) is 0 Å². The van der Waals surface area contributed by atoms with Gasteiger partial charge in [-0.05, 0) is 49.3 Å². The minimum absolute atomic E-state index is 0.281. The normalized spacial score (nSPS) is 16.8. The van der Waals surface area contributed by atoms with E-state index in [0.29, 0.717) is 16.9 Å². The van der Waals surface area contributed by atoms with Gasteiger partial charge in [-0.15, -0.1) is 0 Å². The molecule has 6 rings (SSSR count). The third-order valence-electron chi connectivity index (χ3n) is 6.76. The third kappa shape index (κ3) is 3.65. The number of hydrogen-bond acceptors (Lipinski definition) is 6. The molecule has 168 valence electrons. The number of likely N-dealkylation sites (N-methyl/N-ethyl adjacent to an activating group) is 1. The summed E-state index contributed by atoms with van der Waals surface area (Å²) < 4.78 is 14.9. The van der Waals surface area contributed by atoms with Gasteiger partial charge >= 0.3 is 0 Å². The molecule has 2 aliphatic heterocycles. The second-order valence-electron chi connectivity index (χ2n) is 8.85. The molecule has 0 saturated carbocycles. The van der Waals surface area contributed by atoms with Crippen LogP contribution >= 0.6 is 0 Å². The average Bonchev–Trinajstić information content (AvgIpc) is 3.28. The molecule has 4 aromatic rings. The van der Waals surface area contributed by atoms with E-state index < -0.39 is 0 Å². The zero-order chi connectivity index (χ0) is 22.4. The number of halogens is 1. The molecule has 0 amide bonds. The van der Waals surface area contributed by atoms with Crippen LogP contribution in [0.1, 0.15) is 11.1 Å². The molecule has 0 spiro atoms. The predicted molar refractivity (Wildman–Crippen MR) is 128 cm³/mol. The molecule has 0 radical (unpaired) electrons. The molecule has 0 unspecified atom stereocenters. The van der Waals surface area contributed by atoms with Crippen molar-refractivity contribution in [1.82, 2.24) is 30.4 Å². The molecule has 2 N–H and O–H groups in total. The van der Waals surface area contributed by atoms with Gasteiger partial charge in [0.15, 0.2) is 5.82 Å². The number of fused-ring (bicyclic) bond motifs is 2. The van der Waals surface area contributed by atoms with Gasteiger partial charge in [-0.1, -0.05) is 18.2 Å². The Morgan fingerprint density at radius 3 is 2.64 bits per heavy atom. The van der Waals surface area contributed by atoms with Crippen LogP contribution in [0.15, 0.2) is 42.6 Å². The molecule has 8 heteroatoms. The van der Waals surface area contributed by atoms with Crippen LogP contribution in [-0.2, 0) is 13.0 Å². The Labute approximate surface area is 191 Å². The lowest BCUT2D eigenvalue weighted by molar-refractivity contribution is 0.313. The molecule has 2 aliphatic rings. The fourth-order valence-corrected chi connectivity index (χ4v) is 4.82. The number of rotatable bonds is 3. The number of nitrogens with one attached hydrogen (secondary N) is 2. The van der Waals surface area contributed by atoms with E-state index in [0.717, 1.165) is 73.6 Å². The van der Waals surface area contributed by atoms with Crippen molar-refractivity contribution < 1.29 is 4.39 Å². The van der Waals surface area contributed by atoms with Crippen LogP contribution in [0.25, 0.3) is 33.7 Å². The van der Waals surface area contributed by atoms with Crippen molar-refractivity contribution in [2.45, 2.75) is 13.0 Å². The van der Waals surface area contributed by atoms with Crippen LogP contribution in [-0.4, -0.2) is 64.8 Å². The van der Waals surface area contributed by atoms with Crippen LogP contribution < -0.4 is 10.2 Å². The summed E-state index contributed by atoms with van der Waals surface area (Å²) in [4.78, 5) is 14.0. The molecule has 1 fully saturated rings. The summed E-state index contributed by atoms with van der Waals surface area (Å²) >= 11 is 0. The minimum Gasteiger partial charge on any atom is -0.369 e. The van der Waals surface area contributed by atoms with Gasteiger partial charge in [0.2, 0.25) is 0 Å². The number of H-pyrrole nitrogens is 1. The van der Waals surface area contributed by atoms with E-state index in [9.17, 15) is 4.39 Å². The second-order valence-corrected chi connectivity index (χ2v) is 8.85. The summed E-state index contributed by atoms with van der Waals surface area (Å²) in [5, 5.41) is 10.9. The first kappa shape index (κ1) is 20.3. The van der Waals surface area contributed by atoms with Crippen molar-refractivity contribution >= 4 is 16.7 Å². The van der Waals surface area contributed by atoms with Crippen molar-refractivity contribution in [1.29, 1.82) is 0 Å². The molecule has 1 saturated heterocycles. The topological polar surface area (TPSA) is 73.0 Å². The lowest BCUT2D eigenvalue weighted by atomic mass is 9.94. The molecule has 2 aromatic heterocycles. The summed E-state index contributed by atoms with van der Waals surface area (Å²) in [6, 6.07) is 11.8. The van der Waals surface area contributed by atoms with E-state index in [4.69, 9.17) is 4.98 Å². The zero-order valence-corrected chi connectivity index (χ0v) is 18.6. The van der Waals surface area contributed by atoms with Crippen molar-refractivity contribution in [3.63, 3.8) is 0 Å². The summed E-state index contributed by atoms with van der Waals surface area (Å²) in [5.74, 6) is 0.132. The van der Waals surface area contributed by atoms with Gasteiger partial charge in [0.25, 0.3) is 0 Å². The third-order valence-corrected chi connectivity index (χ3v) is 6.76. The smallest absolute Gasteiger partial charge is 0.163 e. The van der Waals surface area contributed by atoms with Crippen molar-refractivity contribution in [3.8, 4) is 22.6 Å². The van der Waals surface area contributed by atoms with Crippen molar-refractivity contribution in [2.75, 3.05) is 44.7 Å². The summed E-state index contributed by atoms with van der Waals surface area (Å²) in [5.41, 5.74) is 7.00. The molecule has 0 aliphatic carbocycles. The predicted octanol–water partition coefficient (Wildman–Crippen LogP) is 3.22. The van der Waals surface area contributed by atoms with Gasteiger partial charge in [0.1, 0.15) is 22.5 Å². The molecule has 0 bridgehead atoms. The summed E-state index contributed by atoms with van der Waals surface area (Å²) in [6.07, 6.45) is 2.46. The molecule has 2 aromatic carbocycles. The first-order valence-electron chi connectivity index (χ1n) is 11.4. The average molecular weight is 444 g/mol. The monoisotopic (exact) mass is 443 g/mol. The largest absolute Gasteiger partial charge is 0.369 e. The van der Waals surface area contributed by atoms with Crippen LogP contribution in [0.2, 0.25) is 0 Å². The van der Waals surface area contributed by atoms with Crippen molar-refractivity contribution in [2.24, 2.45) is 0 Å². The first-order valence-corrected chi connectivity index (χ1v) is 11.4. The number of nitrogens with zero attached hydrogens (tertiary/aromatic N) is 5. The molecule has 0 atom stereocenters. The number of hydrogen-bond donors (Lipinski definition) is 2. The Balaban J connectivity index is 1.37. The van der Waals surface area contributed by atoms with Gasteiger partial charge in [0.05, 0.1) is 11.8 Å². The Bertz CT molecular complexity index is 1310. The maximum Gasteiger partial charge on any atom is 0.163 e. The maximum atomic E-state index is 14.9. The highest BCUT2D eigenvalue weighted by Gasteiger charge is 2.21. The first-order chi connectivity index (χ1) is 16.2. The molecule has 33 heavy (non-hydrogen) atoms. The SMILES string of the molecule is CN1CCN(c2ccc(-c3n[nH]c4cnc(-c5c(F)ccc6c5CCNC6)nc34)cc2)CC1. The van der Waals surface area contributed by atoms with Gasteiger partial charge in [-0.2, -0.15) is 5.10 Å². The van der Waals surface area contributed by atoms with Gasteiger partial charge in [0, 0.05) is 44.0 Å². The van der Waals surface area contributed by atoms with Crippen molar-refractivity contribution in [3.05, 3.63) is 59.5 Å². The van der Waals surface area contributed by atoms with Gasteiger partial charge in [-0.25, -0.2) is 14.4 Å². The van der Waals surface area contributed by atoms with E-state index in [1.54, 1.807) is 6.20 Å². The van der Waals surface area contributed by atoms with Crippen LogP contribution in [0, 0.1) is 5.82 Å². The standard InChI is InChI=1S/C25H26FN7/c1-32-10-12-33(13-11-32)18-5-2-16(3-6-18)23-24-21(30-31-23)15-28-25(29-24)22-19-8-9-27-14-17(19)4-7-20(22)26/h2-7,15,27H,8-14H2,1H3,(H,30,31). The summed E-state index contributed by atoms with van der Waals surface area (Å²) in [6.45, 7) is 5.76.